The Morgan fingerprint density at radius 3 is 2.57 bits per heavy atom. The summed E-state index contributed by atoms with van der Waals surface area (Å²) in [5.74, 6) is 1.03. The van der Waals surface area contributed by atoms with Crippen LogP contribution >= 0.6 is 0 Å². The van der Waals surface area contributed by atoms with E-state index in [-0.39, 0.29) is 0 Å². The maximum atomic E-state index is 5.79. The van der Waals surface area contributed by atoms with Crippen LogP contribution < -0.4 is 11.1 Å². The van der Waals surface area contributed by atoms with Crippen LogP contribution in [0.1, 0.15) is 24.0 Å². The predicted molar refractivity (Wildman–Crippen MR) is 110 cm³/mol. The van der Waals surface area contributed by atoms with Crippen LogP contribution in [0.15, 0.2) is 53.2 Å². The summed E-state index contributed by atoms with van der Waals surface area (Å²) in [7, 11) is 0. The van der Waals surface area contributed by atoms with E-state index in [0.717, 1.165) is 17.8 Å². The van der Waals surface area contributed by atoms with E-state index in [1.807, 2.05) is 12.1 Å². The average molecular weight is 375 g/mol. The summed E-state index contributed by atoms with van der Waals surface area (Å²) in [5, 5.41) is 11.3. The molecule has 3 aromatic rings. The first kappa shape index (κ1) is 17.3. The molecule has 5 rings (SSSR count). The minimum Gasteiger partial charge on any atom is -0.380 e. The maximum Gasteiger partial charge on any atom is 0.196 e. The molecular weight excluding hydrogens is 350 g/mol. The van der Waals surface area contributed by atoms with Gasteiger partial charge in [0.25, 0.3) is 0 Å². The zero-order valence-electron chi connectivity index (χ0n) is 16.0. The lowest BCUT2D eigenvalue weighted by atomic mass is 10.1. The molecule has 2 bridgehead atoms. The number of nitrogens with two attached hydrogens (primary N) is 1. The van der Waals surface area contributed by atoms with Crippen molar-refractivity contribution < 1.29 is 4.63 Å². The number of benzene rings is 2. The molecule has 0 radical (unpaired) electrons. The summed E-state index contributed by atoms with van der Waals surface area (Å²) in [6.07, 6.45) is 2.58. The van der Waals surface area contributed by atoms with Crippen LogP contribution in [-0.2, 0) is 6.54 Å². The van der Waals surface area contributed by atoms with E-state index in [1.54, 1.807) is 0 Å². The monoisotopic (exact) mass is 375 g/mol. The maximum absolute atomic E-state index is 5.79. The third kappa shape index (κ3) is 3.14. The van der Waals surface area contributed by atoms with E-state index in [0.29, 0.717) is 29.5 Å². The van der Waals surface area contributed by atoms with Crippen molar-refractivity contribution in [2.45, 2.75) is 38.4 Å². The number of rotatable bonds is 5. The second-order valence-corrected chi connectivity index (χ2v) is 8.07. The molecule has 6 nitrogen and oxygen atoms in total. The standard InChI is InChI=1S/C22H25N5O/c1-14-2-4-15(5-3-14)12-27-13-17-8-11-19(27)20(17)24-18-9-6-16(7-10-18)21-22(23)26-28-25-21/h2-7,9-10,17,19-20,24H,8,11-13H2,1H3,(H2,23,26)/t17-,19-,20-/m1/s1. The molecule has 1 aromatic heterocycles. The van der Waals surface area contributed by atoms with Gasteiger partial charge >= 0.3 is 0 Å². The molecule has 1 saturated carbocycles. The van der Waals surface area contributed by atoms with Gasteiger partial charge in [0.15, 0.2) is 11.5 Å². The third-order valence-electron chi connectivity index (χ3n) is 6.21. The molecule has 1 aliphatic carbocycles. The molecule has 0 unspecified atom stereocenters. The number of hydrogen-bond donors (Lipinski definition) is 2. The Hall–Kier alpha value is -2.86. The third-order valence-corrected chi connectivity index (χ3v) is 6.21. The Balaban J connectivity index is 1.27. The van der Waals surface area contributed by atoms with Gasteiger partial charge < -0.3 is 11.1 Å². The number of anilines is 2. The van der Waals surface area contributed by atoms with Gasteiger partial charge in [-0.25, -0.2) is 4.63 Å². The highest BCUT2D eigenvalue weighted by atomic mass is 16.6. The molecule has 1 aliphatic heterocycles. The Morgan fingerprint density at radius 1 is 1.07 bits per heavy atom. The highest BCUT2D eigenvalue weighted by molar-refractivity contribution is 5.70. The first-order chi connectivity index (χ1) is 13.7. The number of nitrogens with one attached hydrogen (secondary N) is 1. The van der Waals surface area contributed by atoms with E-state index < -0.39 is 0 Å². The molecule has 28 heavy (non-hydrogen) atoms. The first-order valence-corrected chi connectivity index (χ1v) is 9.92. The summed E-state index contributed by atoms with van der Waals surface area (Å²) in [4.78, 5) is 2.65. The van der Waals surface area contributed by atoms with Crippen molar-refractivity contribution in [1.29, 1.82) is 0 Å². The van der Waals surface area contributed by atoms with E-state index in [4.69, 9.17) is 10.4 Å². The van der Waals surface area contributed by atoms with Crippen molar-refractivity contribution in [1.82, 2.24) is 15.2 Å². The summed E-state index contributed by atoms with van der Waals surface area (Å²) in [5.41, 5.74) is 11.2. The van der Waals surface area contributed by atoms with E-state index >= 15 is 0 Å². The molecule has 3 N–H and O–H groups in total. The van der Waals surface area contributed by atoms with Crippen molar-refractivity contribution in [3.8, 4) is 11.3 Å². The molecule has 2 aliphatic rings. The minimum absolute atomic E-state index is 0.321. The van der Waals surface area contributed by atoms with Crippen molar-refractivity contribution in [2.75, 3.05) is 17.6 Å². The number of likely N-dealkylation sites (tertiary alicyclic amines) is 1. The largest absolute Gasteiger partial charge is 0.380 e. The van der Waals surface area contributed by atoms with Gasteiger partial charge in [0.1, 0.15) is 0 Å². The average Bonchev–Trinajstić information content (AvgIpc) is 3.39. The zero-order chi connectivity index (χ0) is 19.1. The number of aryl methyl sites for hydroxylation is 1. The lowest BCUT2D eigenvalue weighted by Gasteiger charge is -2.27. The second-order valence-electron chi connectivity index (χ2n) is 8.07. The topological polar surface area (TPSA) is 80.2 Å². The quantitative estimate of drug-likeness (QED) is 0.708. The Kier molecular flexibility index (Phi) is 4.28. The van der Waals surface area contributed by atoms with Gasteiger partial charge in [-0.15, -0.1) is 0 Å². The number of piperidine rings is 1. The van der Waals surface area contributed by atoms with E-state index in [1.165, 1.54) is 30.5 Å². The fraction of sp³-hybridized carbons (Fsp3) is 0.364. The molecule has 1 saturated heterocycles. The normalized spacial score (nSPS) is 24.0. The Morgan fingerprint density at radius 2 is 1.86 bits per heavy atom. The molecular formula is C22H25N5O. The molecule has 6 heteroatoms. The molecule has 0 amide bonds. The van der Waals surface area contributed by atoms with E-state index in [2.05, 4.69) is 63.9 Å². The molecule has 2 heterocycles. The van der Waals surface area contributed by atoms with Gasteiger partial charge in [-0.2, -0.15) is 0 Å². The minimum atomic E-state index is 0.321. The predicted octanol–water partition coefficient (Wildman–Crippen LogP) is 3.70. The van der Waals surface area contributed by atoms with Crippen LogP contribution in [0, 0.1) is 12.8 Å². The highest BCUT2D eigenvalue weighted by Gasteiger charge is 2.46. The fourth-order valence-corrected chi connectivity index (χ4v) is 4.75. The van der Waals surface area contributed by atoms with Crippen LogP contribution in [0.3, 0.4) is 0 Å². The molecule has 0 spiro atoms. The summed E-state index contributed by atoms with van der Waals surface area (Å²) >= 11 is 0. The van der Waals surface area contributed by atoms with Gasteiger partial charge in [0.05, 0.1) is 0 Å². The summed E-state index contributed by atoms with van der Waals surface area (Å²) < 4.78 is 4.69. The van der Waals surface area contributed by atoms with Crippen molar-refractivity contribution in [2.24, 2.45) is 5.92 Å². The number of nitrogens with zero attached hydrogens (tertiary/aromatic N) is 3. The van der Waals surface area contributed by atoms with Crippen LogP contribution in [-0.4, -0.2) is 33.8 Å². The number of nitrogen functional groups attached to an aromatic ring is 1. The van der Waals surface area contributed by atoms with Crippen molar-refractivity contribution in [3.63, 3.8) is 0 Å². The van der Waals surface area contributed by atoms with Gasteiger partial charge in [0.2, 0.25) is 0 Å². The van der Waals surface area contributed by atoms with Gasteiger partial charge in [-0.05, 0) is 53.7 Å². The van der Waals surface area contributed by atoms with Crippen molar-refractivity contribution >= 4 is 11.5 Å². The smallest absolute Gasteiger partial charge is 0.196 e. The van der Waals surface area contributed by atoms with Crippen LogP contribution in [0.2, 0.25) is 0 Å². The van der Waals surface area contributed by atoms with Crippen molar-refractivity contribution in [3.05, 3.63) is 59.7 Å². The molecule has 3 atom stereocenters. The molecule has 144 valence electrons. The highest BCUT2D eigenvalue weighted by Crippen LogP contribution is 2.40. The van der Waals surface area contributed by atoms with Crippen LogP contribution in [0.5, 0.6) is 0 Å². The number of hydrogen-bond acceptors (Lipinski definition) is 6. The Bertz CT molecular complexity index is 950. The van der Waals surface area contributed by atoms with E-state index in [9.17, 15) is 0 Å². The molecule has 2 aromatic carbocycles. The zero-order valence-corrected chi connectivity index (χ0v) is 16.0. The van der Waals surface area contributed by atoms with Crippen LogP contribution in [0.25, 0.3) is 11.3 Å². The number of aromatic nitrogens is 2. The fourth-order valence-electron chi connectivity index (χ4n) is 4.75. The van der Waals surface area contributed by atoms with Gasteiger partial charge in [-0.1, -0.05) is 42.0 Å². The lowest BCUT2D eigenvalue weighted by molar-refractivity contribution is 0.204. The SMILES string of the molecule is Cc1ccc(CN2C[C@H]3CC[C@@H]2[C@@H]3Nc2ccc(-c3nonc3N)cc2)cc1. The van der Waals surface area contributed by atoms with Gasteiger partial charge in [-0.3, -0.25) is 4.90 Å². The molecule has 2 fully saturated rings. The first-order valence-electron chi connectivity index (χ1n) is 9.92. The number of fused-ring (bicyclic) bond motifs is 2. The summed E-state index contributed by atoms with van der Waals surface area (Å²) in [6.45, 7) is 4.35. The Labute approximate surface area is 164 Å². The summed E-state index contributed by atoms with van der Waals surface area (Å²) in [6, 6.07) is 18.2. The van der Waals surface area contributed by atoms with Gasteiger partial charge in [0, 0.05) is 36.4 Å². The second kappa shape index (κ2) is 6.95. The van der Waals surface area contributed by atoms with Crippen LogP contribution in [0.4, 0.5) is 11.5 Å². The lowest BCUT2D eigenvalue weighted by Crippen LogP contribution is -2.36.